The Kier molecular flexibility index (Phi) is 4.34. The Labute approximate surface area is 116 Å². The number of phenolic OH excluding ortho intramolecular Hbond substituents is 1. The molecule has 5 nitrogen and oxygen atoms in total. The van der Waals surface area contributed by atoms with Crippen molar-refractivity contribution in [1.29, 1.82) is 0 Å². The maximum absolute atomic E-state index is 11.9. The molecule has 0 unspecified atom stereocenters. The molecule has 0 aliphatic rings. The van der Waals surface area contributed by atoms with E-state index in [9.17, 15) is 9.90 Å². The molecule has 5 heteroatoms. The summed E-state index contributed by atoms with van der Waals surface area (Å²) in [5, 5.41) is 13.1. The molecule has 0 atom stereocenters. The van der Waals surface area contributed by atoms with E-state index < -0.39 is 0 Å². The molecule has 0 aliphatic carbocycles. The van der Waals surface area contributed by atoms with Crippen molar-refractivity contribution in [2.45, 2.75) is 0 Å². The highest BCUT2D eigenvalue weighted by Crippen LogP contribution is 2.16. The summed E-state index contributed by atoms with van der Waals surface area (Å²) in [6, 6.07) is 13.4. The zero-order valence-corrected chi connectivity index (χ0v) is 10.9. The van der Waals surface area contributed by atoms with Crippen LogP contribution >= 0.6 is 0 Å². The third-order valence-electron chi connectivity index (χ3n) is 2.60. The summed E-state index contributed by atoms with van der Waals surface area (Å²) in [4.78, 5) is 11.9. The standard InChI is InChI=1S/C15H14N2O3/c1-20-14-8-3-2-7-13(14)15(19)17-16-10-11-5-4-6-12(18)9-11/h2-10,18H,1H3,(H,17,19). The van der Waals surface area contributed by atoms with Crippen LogP contribution in [0.1, 0.15) is 15.9 Å². The zero-order valence-electron chi connectivity index (χ0n) is 10.9. The van der Waals surface area contributed by atoms with Crippen LogP contribution in [0.5, 0.6) is 11.5 Å². The maximum atomic E-state index is 11.9. The molecule has 0 saturated heterocycles. The van der Waals surface area contributed by atoms with Crippen LogP contribution < -0.4 is 10.2 Å². The number of methoxy groups -OCH3 is 1. The van der Waals surface area contributed by atoms with E-state index in [4.69, 9.17) is 4.74 Å². The van der Waals surface area contributed by atoms with E-state index in [1.807, 2.05) is 0 Å². The van der Waals surface area contributed by atoms with Crippen molar-refractivity contribution in [3.8, 4) is 11.5 Å². The number of phenols is 1. The van der Waals surface area contributed by atoms with Gasteiger partial charge in [-0.2, -0.15) is 5.10 Å². The highest BCUT2D eigenvalue weighted by atomic mass is 16.5. The highest BCUT2D eigenvalue weighted by Gasteiger charge is 2.09. The first-order valence-corrected chi connectivity index (χ1v) is 5.96. The van der Waals surface area contributed by atoms with Crippen LogP contribution in [0, 0.1) is 0 Å². The van der Waals surface area contributed by atoms with E-state index in [0.29, 0.717) is 16.9 Å². The van der Waals surface area contributed by atoms with Crippen LogP contribution in [0.15, 0.2) is 53.6 Å². The number of carbonyl (C=O) groups excluding carboxylic acids is 1. The topological polar surface area (TPSA) is 70.9 Å². The van der Waals surface area contributed by atoms with Gasteiger partial charge in [0.15, 0.2) is 0 Å². The van der Waals surface area contributed by atoms with Crippen LogP contribution in [-0.4, -0.2) is 24.3 Å². The van der Waals surface area contributed by atoms with Crippen LogP contribution in [0.3, 0.4) is 0 Å². The van der Waals surface area contributed by atoms with Gasteiger partial charge in [-0.15, -0.1) is 0 Å². The van der Waals surface area contributed by atoms with Gasteiger partial charge in [-0.05, 0) is 29.8 Å². The Bertz CT molecular complexity index is 639. The summed E-state index contributed by atoms with van der Waals surface area (Å²) >= 11 is 0. The molecule has 0 heterocycles. The second-order valence-electron chi connectivity index (χ2n) is 3.99. The molecular weight excluding hydrogens is 256 g/mol. The minimum absolute atomic E-state index is 0.144. The third kappa shape index (κ3) is 3.35. The molecule has 0 aliphatic heterocycles. The molecule has 0 radical (unpaired) electrons. The third-order valence-corrected chi connectivity index (χ3v) is 2.60. The first-order chi connectivity index (χ1) is 9.70. The van der Waals surface area contributed by atoms with Gasteiger partial charge in [0, 0.05) is 0 Å². The van der Waals surface area contributed by atoms with Crippen molar-refractivity contribution in [3.63, 3.8) is 0 Å². The Hall–Kier alpha value is -2.82. The number of benzene rings is 2. The number of aromatic hydroxyl groups is 1. The number of ether oxygens (including phenoxy) is 1. The maximum Gasteiger partial charge on any atom is 0.275 e. The normalized spacial score (nSPS) is 10.4. The lowest BCUT2D eigenvalue weighted by molar-refractivity contribution is 0.0952. The van der Waals surface area contributed by atoms with E-state index in [1.54, 1.807) is 48.5 Å². The molecule has 0 aromatic heterocycles. The zero-order chi connectivity index (χ0) is 14.4. The summed E-state index contributed by atoms with van der Waals surface area (Å²) in [5.74, 6) is 0.265. The number of carbonyl (C=O) groups is 1. The van der Waals surface area contributed by atoms with Crippen molar-refractivity contribution in [2.75, 3.05) is 7.11 Å². The molecule has 2 aromatic carbocycles. The van der Waals surface area contributed by atoms with E-state index in [-0.39, 0.29) is 11.7 Å². The lowest BCUT2D eigenvalue weighted by Crippen LogP contribution is -2.18. The fourth-order valence-corrected chi connectivity index (χ4v) is 1.66. The molecule has 0 bridgehead atoms. The predicted molar refractivity (Wildman–Crippen MR) is 76.2 cm³/mol. The quantitative estimate of drug-likeness (QED) is 0.660. The summed E-state index contributed by atoms with van der Waals surface area (Å²) < 4.78 is 5.10. The van der Waals surface area contributed by atoms with Crippen molar-refractivity contribution < 1.29 is 14.6 Å². The Morgan fingerprint density at radius 2 is 2.05 bits per heavy atom. The average Bonchev–Trinajstić information content (AvgIpc) is 2.47. The number of nitrogens with one attached hydrogen (secondary N) is 1. The van der Waals surface area contributed by atoms with Crippen LogP contribution in [0.2, 0.25) is 0 Å². The van der Waals surface area contributed by atoms with Gasteiger partial charge in [0.2, 0.25) is 0 Å². The second-order valence-corrected chi connectivity index (χ2v) is 3.99. The number of hydrogen-bond donors (Lipinski definition) is 2. The molecule has 2 rings (SSSR count). The fourth-order valence-electron chi connectivity index (χ4n) is 1.66. The number of amides is 1. The SMILES string of the molecule is COc1ccccc1C(=O)NN=Cc1cccc(O)c1. The Balaban J connectivity index is 2.05. The van der Waals surface area contributed by atoms with Gasteiger partial charge in [-0.1, -0.05) is 24.3 Å². The molecule has 20 heavy (non-hydrogen) atoms. The minimum atomic E-state index is -0.362. The van der Waals surface area contributed by atoms with Crippen molar-refractivity contribution in [3.05, 3.63) is 59.7 Å². The molecule has 2 aromatic rings. The highest BCUT2D eigenvalue weighted by molar-refractivity contribution is 5.97. The van der Waals surface area contributed by atoms with Gasteiger partial charge < -0.3 is 9.84 Å². The number of hydrazone groups is 1. The van der Waals surface area contributed by atoms with Crippen molar-refractivity contribution >= 4 is 12.1 Å². The van der Waals surface area contributed by atoms with Crippen LogP contribution in [0.4, 0.5) is 0 Å². The lowest BCUT2D eigenvalue weighted by atomic mass is 10.2. The summed E-state index contributed by atoms with van der Waals surface area (Å²) in [7, 11) is 1.50. The fraction of sp³-hybridized carbons (Fsp3) is 0.0667. The second kappa shape index (κ2) is 6.38. The first kappa shape index (κ1) is 13.6. The molecular formula is C15H14N2O3. The van der Waals surface area contributed by atoms with Crippen molar-refractivity contribution in [2.24, 2.45) is 5.10 Å². The Morgan fingerprint density at radius 1 is 1.25 bits per heavy atom. The molecule has 1 amide bonds. The monoisotopic (exact) mass is 270 g/mol. The molecule has 102 valence electrons. The number of rotatable bonds is 4. The molecule has 2 N–H and O–H groups in total. The largest absolute Gasteiger partial charge is 0.508 e. The van der Waals surface area contributed by atoms with E-state index >= 15 is 0 Å². The predicted octanol–water partition coefficient (Wildman–Crippen LogP) is 2.16. The van der Waals surface area contributed by atoms with Gasteiger partial charge in [-0.3, -0.25) is 4.79 Å². The van der Waals surface area contributed by atoms with E-state index in [2.05, 4.69) is 10.5 Å². The van der Waals surface area contributed by atoms with Crippen LogP contribution in [0.25, 0.3) is 0 Å². The minimum Gasteiger partial charge on any atom is -0.508 e. The number of hydrogen-bond acceptors (Lipinski definition) is 4. The van der Waals surface area contributed by atoms with E-state index in [0.717, 1.165) is 0 Å². The van der Waals surface area contributed by atoms with Gasteiger partial charge in [0.05, 0.1) is 18.9 Å². The number of nitrogens with zero attached hydrogens (tertiary/aromatic N) is 1. The average molecular weight is 270 g/mol. The first-order valence-electron chi connectivity index (χ1n) is 5.96. The lowest BCUT2D eigenvalue weighted by Gasteiger charge is -2.05. The summed E-state index contributed by atoms with van der Waals surface area (Å²) in [6.07, 6.45) is 1.45. The van der Waals surface area contributed by atoms with Gasteiger partial charge in [-0.25, -0.2) is 5.43 Å². The van der Waals surface area contributed by atoms with Gasteiger partial charge in [0.1, 0.15) is 11.5 Å². The Morgan fingerprint density at radius 3 is 2.80 bits per heavy atom. The van der Waals surface area contributed by atoms with Crippen molar-refractivity contribution in [1.82, 2.24) is 5.43 Å². The van der Waals surface area contributed by atoms with Gasteiger partial charge in [0.25, 0.3) is 5.91 Å². The summed E-state index contributed by atoms with van der Waals surface area (Å²) in [6.45, 7) is 0. The molecule has 0 fully saturated rings. The molecule has 0 saturated carbocycles. The van der Waals surface area contributed by atoms with Gasteiger partial charge >= 0.3 is 0 Å². The van der Waals surface area contributed by atoms with E-state index in [1.165, 1.54) is 13.3 Å². The molecule has 0 spiro atoms. The summed E-state index contributed by atoms with van der Waals surface area (Å²) in [5.41, 5.74) is 3.50. The number of para-hydroxylation sites is 1. The smallest absolute Gasteiger partial charge is 0.275 e. The van der Waals surface area contributed by atoms with Crippen LogP contribution in [-0.2, 0) is 0 Å².